The second-order valence-electron chi connectivity index (χ2n) is 4.14. The van der Waals surface area contributed by atoms with Crippen LogP contribution in [0.15, 0.2) is 18.2 Å². The molecule has 0 aliphatic carbocycles. The van der Waals surface area contributed by atoms with E-state index in [1.807, 2.05) is 0 Å². The molecule has 1 aromatic heterocycles. The van der Waals surface area contributed by atoms with Crippen LogP contribution >= 0.6 is 0 Å². The quantitative estimate of drug-likeness (QED) is 0.744. The van der Waals surface area contributed by atoms with Gasteiger partial charge in [0.2, 0.25) is 0 Å². The fraction of sp³-hybridized carbons (Fsp3) is 0.250. The lowest BCUT2D eigenvalue weighted by Crippen LogP contribution is -2.09. The van der Waals surface area contributed by atoms with Crippen LogP contribution in [-0.4, -0.2) is 20.0 Å². The molecule has 6 heteroatoms. The van der Waals surface area contributed by atoms with Crippen molar-refractivity contribution in [1.29, 1.82) is 0 Å². The minimum Gasteiger partial charge on any atom is -0.488 e. The molecule has 1 aliphatic rings. The molecular formula is C12H11FN2O3. The average Bonchev–Trinajstić information content (AvgIpc) is 2.67. The predicted molar refractivity (Wildman–Crippen MR) is 60.1 cm³/mol. The summed E-state index contributed by atoms with van der Waals surface area (Å²) in [7, 11) is 1.67. The van der Waals surface area contributed by atoms with Gasteiger partial charge in [-0.15, -0.1) is 0 Å². The number of rotatable bonds is 1. The Balaban J connectivity index is 2.27. The summed E-state index contributed by atoms with van der Waals surface area (Å²) < 4.78 is 20.3. The molecule has 0 atom stereocenters. The highest BCUT2D eigenvalue weighted by molar-refractivity contribution is 5.73. The number of hydrogen-bond donors (Lipinski definition) is 2. The Bertz CT molecular complexity index is 622. The first-order chi connectivity index (χ1) is 8.58. The number of benzene rings is 1. The topological polar surface area (TPSA) is 67.5 Å². The molecule has 94 valence electrons. The van der Waals surface area contributed by atoms with Gasteiger partial charge in [-0.25, -0.2) is 4.39 Å². The zero-order valence-corrected chi connectivity index (χ0v) is 9.59. The molecule has 0 spiro atoms. The molecule has 0 saturated heterocycles. The molecule has 2 heterocycles. The molecule has 2 N–H and O–H groups in total. The molecule has 1 aromatic carbocycles. The summed E-state index contributed by atoms with van der Waals surface area (Å²) in [5.74, 6) is 0.184. The zero-order valence-electron chi connectivity index (χ0n) is 9.59. The van der Waals surface area contributed by atoms with Crippen molar-refractivity contribution in [2.75, 3.05) is 0 Å². The summed E-state index contributed by atoms with van der Waals surface area (Å²) in [5.41, 5.74) is 1.94. The van der Waals surface area contributed by atoms with Gasteiger partial charge < -0.3 is 14.9 Å². The first-order valence-corrected chi connectivity index (χ1v) is 5.42. The van der Waals surface area contributed by atoms with E-state index in [2.05, 4.69) is 5.10 Å². The van der Waals surface area contributed by atoms with E-state index in [1.54, 1.807) is 13.1 Å². The Labute approximate surface area is 102 Å². The average molecular weight is 250 g/mol. The zero-order chi connectivity index (χ0) is 12.9. The van der Waals surface area contributed by atoms with Crippen molar-refractivity contribution in [1.82, 2.24) is 9.78 Å². The number of nitrogens with zero attached hydrogens (tertiary/aromatic N) is 2. The van der Waals surface area contributed by atoms with E-state index in [4.69, 9.17) is 4.74 Å². The van der Waals surface area contributed by atoms with Gasteiger partial charge in [0.05, 0.1) is 5.69 Å². The molecule has 0 unspecified atom stereocenters. The highest BCUT2D eigenvalue weighted by Crippen LogP contribution is 2.39. The Morgan fingerprint density at radius 2 is 2.22 bits per heavy atom. The Kier molecular flexibility index (Phi) is 2.36. The Hall–Kier alpha value is -1.92. The van der Waals surface area contributed by atoms with Crippen molar-refractivity contribution < 1.29 is 19.3 Å². The maximum absolute atomic E-state index is 13.3. The van der Waals surface area contributed by atoms with E-state index < -0.39 is 6.29 Å². The molecule has 3 rings (SSSR count). The molecule has 0 radical (unpaired) electrons. The predicted octanol–water partition coefficient (Wildman–Crippen LogP) is 1.10. The van der Waals surface area contributed by atoms with Crippen LogP contribution in [0.25, 0.3) is 11.3 Å². The number of halogens is 1. The van der Waals surface area contributed by atoms with Crippen molar-refractivity contribution in [2.24, 2.45) is 7.05 Å². The van der Waals surface area contributed by atoms with Crippen LogP contribution in [0.3, 0.4) is 0 Å². The molecule has 0 saturated carbocycles. The summed E-state index contributed by atoms with van der Waals surface area (Å²) in [6, 6.07) is 4.22. The number of aliphatic hydroxyl groups is 2. The van der Waals surface area contributed by atoms with E-state index in [-0.39, 0.29) is 18.1 Å². The van der Waals surface area contributed by atoms with Gasteiger partial charge in [-0.3, -0.25) is 4.68 Å². The minimum atomic E-state index is -1.67. The third-order valence-corrected chi connectivity index (χ3v) is 2.99. The molecule has 0 fully saturated rings. The molecule has 0 bridgehead atoms. The first kappa shape index (κ1) is 11.2. The minimum absolute atomic E-state index is 0.141. The molecular weight excluding hydrogens is 239 g/mol. The van der Waals surface area contributed by atoms with Gasteiger partial charge in [0.25, 0.3) is 0 Å². The van der Waals surface area contributed by atoms with Gasteiger partial charge in [-0.1, -0.05) is 0 Å². The number of fused-ring (bicyclic) bond motifs is 3. The summed E-state index contributed by atoms with van der Waals surface area (Å²) in [5, 5.41) is 22.5. The van der Waals surface area contributed by atoms with E-state index in [1.165, 1.54) is 16.8 Å². The van der Waals surface area contributed by atoms with Crippen LogP contribution in [0.2, 0.25) is 0 Å². The van der Waals surface area contributed by atoms with E-state index in [9.17, 15) is 14.6 Å². The number of aliphatic hydroxyl groups excluding tert-OH is 1. The van der Waals surface area contributed by atoms with Crippen molar-refractivity contribution in [3.8, 4) is 17.0 Å². The SMILES string of the molecule is Cn1nc(C(O)O)c2c1-c1cc(F)ccc1OC2. The maximum Gasteiger partial charge on any atom is 0.198 e. The van der Waals surface area contributed by atoms with Gasteiger partial charge in [0.1, 0.15) is 23.9 Å². The Morgan fingerprint density at radius 3 is 2.94 bits per heavy atom. The molecule has 2 aromatic rings. The van der Waals surface area contributed by atoms with Gasteiger partial charge in [0, 0.05) is 18.2 Å². The van der Waals surface area contributed by atoms with Crippen LogP contribution in [0.5, 0.6) is 5.75 Å². The van der Waals surface area contributed by atoms with E-state index >= 15 is 0 Å². The standard InChI is InChI=1S/C12H11FN2O3/c1-15-11-7-4-6(13)2-3-9(7)18-5-8(11)10(14-15)12(16)17/h2-4,12,16-17H,5H2,1H3. The van der Waals surface area contributed by atoms with Gasteiger partial charge in [-0.2, -0.15) is 5.10 Å². The molecule has 1 aliphatic heterocycles. The van der Waals surface area contributed by atoms with Crippen LogP contribution in [0, 0.1) is 5.82 Å². The van der Waals surface area contributed by atoms with E-state index in [0.29, 0.717) is 22.6 Å². The fourth-order valence-corrected chi connectivity index (χ4v) is 2.24. The molecule has 18 heavy (non-hydrogen) atoms. The first-order valence-electron chi connectivity index (χ1n) is 5.42. The van der Waals surface area contributed by atoms with Crippen molar-refractivity contribution >= 4 is 0 Å². The molecule has 5 nitrogen and oxygen atoms in total. The smallest absolute Gasteiger partial charge is 0.198 e. The lowest BCUT2D eigenvalue weighted by atomic mass is 10.0. The normalized spacial score (nSPS) is 13.2. The fourth-order valence-electron chi connectivity index (χ4n) is 2.24. The second kappa shape index (κ2) is 3.79. The summed E-state index contributed by atoms with van der Waals surface area (Å²) in [6.45, 7) is 0.189. The summed E-state index contributed by atoms with van der Waals surface area (Å²) in [6.07, 6.45) is -1.67. The van der Waals surface area contributed by atoms with Crippen LogP contribution in [-0.2, 0) is 13.7 Å². The van der Waals surface area contributed by atoms with E-state index in [0.717, 1.165) is 0 Å². The Morgan fingerprint density at radius 1 is 1.44 bits per heavy atom. The monoisotopic (exact) mass is 250 g/mol. The van der Waals surface area contributed by atoms with Gasteiger partial charge in [0.15, 0.2) is 6.29 Å². The number of ether oxygens (including phenoxy) is 1. The summed E-state index contributed by atoms with van der Waals surface area (Å²) in [4.78, 5) is 0. The number of aryl methyl sites for hydroxylation is 1. The largest absolute Gasteiger partial charge is 0.488 e. The third kappa shape index (κ3) is 1.50. The van der Waals surface area contributed by atoms with Crippen LogP contribution in [0.4, 0.5) is 4.39 Å². The van der Waals surface area contributed by atoms with Crippen molar-refractivity contribution in [3.63, 3.8) is 0 Å². The highest BCUT2D eigenvalue weighted by Gasteiger charge is 2.27. The number of aromatic nitrogens is 2. The highest BCUT2D eigenvalue weighted by atomic mass is 19.1. The third-order valence-electron chi connectivity index (χ3n) is 2.99. The van der Waals surface area contributed by atoms with Crippen molar-refractivity contribution in [2.45, 2.75) is 12.9 Å². The number of hydrogen-bond acceptors (Lipinski definition) is 4. The van der Waals surface area contributed by atoms with Gasteiger partial charge >= 0.3 is 0 Å². The lowest BCUT2D eigenvalue weighted by molar-refractivity contribution is -0.0472. The maximum atomic E-state index is 13.3. The second-order valence-corrected chi connectivity index (χ2v) is 4.14. The summed E-state index contributed by atoms with van der Waals surface area (Å²) >= 11 is 0. The van der Waals surface area contributed by atoms with Crippen molar-refractivity contribution in [3.05, 3.63) is 35.3 Å². The van der Waals surface area contributed by atoms with Crippen LogP contribution < -0.4 is 4.74 Å². The van der Waals surface area contributed by atoms with Gasteiger partial charge in [-0.05, 0) is 18.2 Å². The molecule has 0 amide bonds. The lowest BCUT2D eigenvalue weighted by Gasteiger charge is -2.19. The van der Waals surface area contributed by atoms with Crippen LogP contribution in [0.1, 0.15) is 17.5 Å².